The third-order valence-corrected chi connectivity index (χ3v) is 3.64. The van der Waals surface area contributed by atoms with Gasteiger partial charge in [-0.05, 0) is 36.8 Å². The van der Waals surface area contributed by atoms with E-state index in [2.05, 4.69) is 33.0 Å². The van der Waals surface area contributed by atoms with Crippen molar-refractivity contribution in [2.24, 2.45) is 17.8 Å². The molecule has 1 N–H and O–H groups in total. The second-order valence-corrected chi connectivity index (χ2v) is 5.79. The Hall–Kier alpha value is -1.51. The Bertz CT molecular complexity index is 419. The lowest BCUT2D eigenvalue weighted by Crippen LogP contribution is -2.34. The molecular formula is C17H27NO2. The number of ether oxygens (including phenoxy) is 1. The molecule has 0 saturated carbocycles. The van der Waals surface area contributed by atoms with Gasteiger partial charge in [0.05, 0.1) is 12.2 Å². The highest BCUT2D eigenvalue weighted by Crippen LogP contribution is 2.21. The molecule has 1 aromatic carbocycles. The molecule has 0 aromatic heterocycles. The summed E-state index contributed by atoms with van der Waals surface area (Å²) in [5.41, 5.74) is 0.612. The fraction of sp³-hybridized carbons (Fsp3) is 0.588. The van der Waals surface area contributed by atoms with Gasteiger partial charge in [0.25, 0.3) is 5.91 Å². The van der Waals surface area contributed by atoms with Crippen molar-refractivity contribution in [3.05, 3.63) is 29.8 Å². The minimum Gasteiger partial charge on any atom is -0.493 e. The summed E-state index contributed by atoms with van der Waals surface area (Å²) in [6.07, 6.45) is 0. The molecule has 0 aliphatic heterocycles. The van der Waals surface area contributed by atoms with Crippen molar-refractivity contribution < 1.29 is 9.53 Å². The van der Waals surface area contributed by atoms with Crippen LogP contribution in [0.4, 0.5) is 0 Å². The fourth-order valence-corrected chi connectivity index (χ4v) is 2.48. The SMILES string of the molecule is CCOc1ccccc1C(=O)NCC(C(C)C)C(C)C. The summed E-state index contributed by atoms with van der Waals surface area (Å²) in [6, 6.07) is 7.38. The first-order valence-corrected chi connectivity index (χ1v) is 7.47. The molecule has 20 heavy (non-hydrogen) atoms. The molecule has 0 spiro atoms. The molecule has 3 heteroatoms. The second kappa shape index (κ2) is 7.93. The number of hydrogen-bond acceptors (Lipinski definition) is 2. The predicted molar refractivity (Wildman–Crippen MR) is 83.1 cm³/mol. The molecule has 3 nitrogen and oxygen atoms in total. The maximum atomic E-state index is 12.3. The standard InChI is InChI=1S/C17H27NO2/c1-6-20-16-10-8-7-9-14(16)17(19)18-11-15(12(2)3)13(4)5/h7-10,12-13,15H,6,11H2,1-5H3,(H,18,19). The maximum absolute atomic E-state index is 12.3. The van der Waals surface area contributed by atoms with E-state index in [1.807, 2.05) is 25.1 Å². The molecular weight excluding hydrogens is 250 g/mol. The summed E-state index contributed by atoms with van der Waals surface area (Å²) in [4.78, 5) is 12.3. The minimum absolute atomic E-state index is 0.0552. The van der Waals surface area contributed by atoms with E-state index in [1.165, 1.54) is 0 Å². The van der Waals surface area contributed by atoms with Crippen LogP contribution in [0.15, 0.2) is 24.3 Å². The van der Waals surface area contributed by atoms with Gasteiger partial charge >= 0.3 is 0 Å². The monoisotopic (exact) mass is 277 g/mol. The summed E-state index contributed by atoms with van der Waals surface area (Å²) >= 11 is 0. The highest BCUT2D eigenvalue weighted by Gasteiger charge is 2.19. The largest absolute Gasteiger partial charge is 0.493 e. The van der Waals surface area contributed by atoms with Crippen LogP contribution in [0.3, 0.4) is 0 Å². The summed E-state index contributed by atoms with van der Waals surface area (Å²) in [5, 5.41) is 3.04. The third-order valence-electron chi connectivity index (χ3n) is 3.64. The normalized spacial score (nSPS) is 11.2. The third kappa shape index (κ3) is 4.55. The molecule has 0 atom stereocenters. The van der Waals surface area contributed by atoms with Gasteiger partial charge in [-0.3, -0.25) is 4.79 Å². The Labute approximate surface area is 122 Å². The van der Waals surface area contributed by atoms with E-state index in [0.717, 1.165) is 0 Å². The average Bonchev–Trinajstić information content (AvgIpc) is 2.39. The molecule has 0 unspecified atom stereocenters. The molecule has 1 aromatic rings. The summed E-state index contributed by atoms with van der Waals surface area (Å²) in [5.74, 6) is 2.19. The Morgan fingerprint density at radius 3 is 2.30 bits per heavy atom. The molecule has 0 radical (unpaired) electrons. The van der Waals surface area contributed by atoms with Crippen LogP contribution in [0.1, 0.15) is 45.0 Å². The second-order valence-electron chi connectivity index (χ2n) is 5.79. The zero-order valence-electron chi connectivity index (χ0n) is 13.3. The van der Waals surface area contributed by atoms with E-state index in [-0.39, 0.29) is 5.91 Å². The Balaban J connectivity index is 2.71. The van der Waals surface area contributed by atoms with E-state index in [9.17, 15) is 4.79 Å². The molecule has 0 fully saturated rings. The first kappa shape index (κ1) is 16.5. The van der Waals surface area contributed by atoms with Crippen LogP contribution in [-0.2, 0) is 0 Å². The Morgan fingerprint density at radius 2 is 1.75 bits per heavy atom. The molecule has 0 saturated heterocycles. The Morgan fingerprint density at radius 1 is 1.15 bits per heavy atom. The van der Waals surface area contributed by atoms with E-state index >= 15 is 0 Å². The predicted octanol–water partition coefficient (Wildman–Crippen LogP) is 3.74. The lowest BCUT2D eigenvalue weighted by molar-refractivity contribution is 0.0933. The van der Waals surface area contributed by atoms with Crippen molar-refractivity contribution in [3.8, 4) is 5.75 Å². The molecule has 0 aliphatic carbocycles. The quantitative estimate of drug-likeness (QED) is 0.824. The number of nitrogens with one attached hydrogen (secondary N) is 1. The van der Waals surface area contributed by atoms with Gasteiger partial charge in [-0.25, -0.2) is 0 Å². The van der Waals surface area contributed by atoms with Gasteiger partial charge in [0, 0.05) is 6.54 Å². The van der Waals surface area contributed by atoms with Gasteiger partial charge in [0.1, 0.15) is 5.75 Å². The first-order valence-electron chi connectivity index (χ1n) is 7.47. The van der Waals surface area contributed by atoms with Gasteiger partial charge in [-0.2, -0.15) is 0 Å². The summed E-state index contributed by atoms with van der Waals surface area (Å²) in [7, 11) is 0. The van der Waals surface area contributed by atoms with Gasteiger partial charge in [0.15, 0.2) is 0 Å². The average molecular weight is 277 g/mol. The van der Waals surface area contributed by atoms with Crippen LogP contribution in [0, 0.1) is 17.8 Å². The van der Waals surface area contributed by atoms with Gasteiger partial charge in [0.2, 0.25) is 0 Å². The summed E-state index contributed by atoms with van der Waals surface area (Å²) in [6.45, 7) is 12.0. The molecule has 0 heterocycles. The van der Waals surface area contributed by atoms with Crippen LogP contribution < -0.4 is 10.1 Å². The van der Waals surface area contributed by atoms with E-state index < -0.39 is 0 Å². The Kier molecular flexibility index (Phi) is 6.56. The van der Waals surface area contributed by atoms with Crippen molar-refractivity contribution in [3.63, 3.8) is 0 Å². The van der Waals surface area contributed by atoms with E-state index in [4.69, 9.17) is 4.74 Å². The van der Waals surface area contributed by atoms with E-state index in [1.54, 1.807) is 6.07 Å². The first-order chi connectivity index (χ1) is 9.47. The number of rotatable bonds is 7. The van der Waals surface area contributed by atoms with Crippen molar-refractivity contribution >= 4 is 5.91 Å². The number of carbonyl (C=O) groups excluding carboxylic acids is 1. The lowest BCUT2D eigenvalue weighted by Gasteiger charge is -2.25. The number of amides is 1. The number of benzene rings is 1. The van der Waals surface area contributed by atoms with Gasteiger partial charge in [-0.15, -0.1) is 0 Å². The highest BCUT2D eigenvalue weighted by molar-refractivity contribution is 5.96. The number of carbonyl (C=O) groups is 1. The zero-order chi connectivity index (χ0) is 15.1. The van der Waals surface area contributed by atoms with Crippen molar-refractivity contribution in [1.29, 1.82) is 0 Å². The van der Waals surface area contributed by atoms with Crippen LogP contribution in [-0.4, -0.2) is 19.1 Å². The molecule has 1 amide bonds. The van der Waals surface area contributed by atoms with Crippen molar-refractivity contribution in [2.75, 3.05) is 13.2 Å². The minimum atomic E-state index is -0.0552. The van der Waals surface area contributed by atoms with Gasteiger partial charge < -0.3 is 10.1 Å². The van der Waals surface area contributed by atoms with Crippen LogP contribution in [0.2, 0.25) is 0 Å². The highest BCUT2D eigenvalue weighted by atomic mass is 16.5. The lowest BCUT2D eigenvalue weighted by atomic mass is 9.85. The number of para-hydroxylation sites is 1. The van der Waals surface area contributed by atoms with Crippen molar-refractivity contribution in [1.82, 2.24) is 5.32 Å². The van der Waals surface area contributed by atoms with Crippen molar-refractivity contribution in [2.45, 2.75) is 34.6 Å². The fourth-order valence-electron chi connectivity index (χ4n) is 2.48. The zero-order valence-corrected chi connectivity index (χ0v) is 13.3. The van der Waals surface area contributed by atoms with Crippen LogP contribution in [0.5, 0.6) is 5.75 Å². The maximum Gasteiger partial charge on any atom is 0.255 e. The molecule has 112 valence electrons. The van der Waals surface area contributed by atoms with Crippen LogP contribution in [0.25, 0.3) is 0 Å². The number of hydrogen-bond donors (Lipinski definition) is 1. The molecule has 0 bridgehead atoms. The topological polar surface area (TPSA) is 38.3 Å². The molecule has 0 aliphatic rings. The molecule has 1 rings (SSSR count). The van der Waals surface area contributed by atoms with Crippen LogP contribution >= 0.6 is 0 Å². The van der Waals surface area contributed by atoms with E-state index in [0.29, 0.717) is 42.2 Å². The smallest absolute Gasteiger partial charge is 0.255 e. The summed E-state index contributed by atoms with van der Waals surface area (Å²) < 4.78 is 5.50. The van der Waals surface area contributed by atoms with Gasteiger partial charge in [-0.1, -0.05) is 39.8 Å².